The van der Waals surface area contributed by atoms with E-state index in [9.17, 15) is 9.18 Å². The van der Waals surface area contributed by atoms with Gasteiger partial charge in [0.1, 0.15) is 11.6 Å². The monoisotopic (exact) mass is 282 g/mol. The van der Waals surface area contributed by atoms with Gasteiger partial charge in [-0.3, -0.25) is 4.79 Å². The van der Waals surface area contributed by atoms with E-state index in [0.717, 1.165) is 18.4 Å². The molecule has 0 spiro atoms. The zero-order valence-corrected chi connectivity index (χ0v) is 11.5. The van der Waals surface area contributed by atoms with Gasteiger partial charge in [-0.15, -0.1) is 0 Å². The van der Waals surface area contributed by atoms with E-state index >= 15 is 0 Å². The number of ether oxygens (including phenoxy) is 2. The minimum absolute atomic E-state index is 0.114. The Kier molecular flexibility index (Phi) is 4.95. The zero-order chi connectivity index (χ0) is 14.5. The van der Waals surface area contributed by atoms with Crippen LogP contribution >= 0.6 is 0 Å². The molecule has 0 aromatic heterocycles. The molecule has 20 heavy (non-hydrogen) atoms. The number of hydrogen-bond donors (Lipinski definition) is 1. The molecule has 1 fully saturated rings. The summed E-state index contributed by atoms with van der Waals surface area (Å²) in [6, 6.07) is 4.45. The summed E-state index contributed by atoms with van der Waals surface area (Å²) in [5.74, 6) is -0.549. The Hall–Kier alpha value is -1.62. The van der Waals surface area contributed by atoms with Crippen LogP contribution in [0, 0.1) is 11.7 Å². The Morgan fingerprint density at radius 3 is 2.65 bits per heavy atom. The summed E-state index contributed by atoms with van der Waals surface area (Å²) >= 11 is 0. The van der Waals surface area contributed by atoms with E-state index in [1.165, 1.54) is 19.2 Å². The molecule has 4 nitrogen and oxygen atoms in total. The topological polar surface area (TPSA) is 55.8 Å². The Labute approximate surface area is 117 Å². The third kappa shape index (κ3) is 3.48. The number of methoxy groups -OCH3 is 1. The molecule has 1 aliphatic rings. The smallest absolute Gasteiger partial charge is 0.306 e. The minimum Gasteiger partial charge on any atom is -0.481 e. The highest BCUT2D eigenvalue weighted by molar-refractivity contribution is 5.70. The van der Waals surface area contributed by atoms with Crippen LogP contribution in [0.2, 0.25) is 0 Å². The summed E-state index contributed by atoms with van der Waals surface area (Å²) in [5.41, 5.74) is 0.811. The number of hydrogen-bond acceptors (Lipinski definition) is 3. The first-order valence-electron chi connectivity index (χ1n) is 6.75. The Bertz CT molecular complexity index is 467. The number of carboxylic acid groups (broad SMARTS) is 1. The van der Waals surface area contributed by atoms with E-state index in [-0.39, 0.29) is 24.4 Å². The van der Waals surface area contributed by atoms with Gasteiger partial charge in [0.15, 0.2) is 6.79 Å². The van der Waals surface area contributed by atoms with Crippen LogP contribution in [-0.4, -0.2) is 25.0 Å². The molecule has 0 saturated heterocycles. The molecule has 1 saturated carbocycles. The van der Waals surface area contributed by atoms with Crippen molar-refractivity contribution >= 4 is 5.97 Å². The Morgan fingerprint density at radius 1 is 1.35 bits per heavy atom. The van der Waals surface area contributed by atoms with Gasteiger partial charge in [0, 0.05) is 12.7 Å². The van der Waals surface area contributed by atoms with E-state index in [1.54, 1.807) is 6.07 Å². The molecule has 0 atom stereocenters. The van der Waals surface area contributed by atoms with Crippen molar-refractivity contribution in [3.63, 3.8) is 0 Å². The summed E-state index contributed by atoms with van der Waals surface area (Å²) < 4.78 is 23.8. The van der Waals surface area contributed by atoms with Gasteiger partial charge in [-0.05, 0) is 49.8 Å². The van der Waals surface area contributed by atoms with Gasteiger partial charge >= 0.3 is 5.97 Å². The van der Waals surface area contributed by atoms with Crippen LogP contribution < -0.4 is 4.74 Å². The molecule has 1 aromatic rings. The normalized spacial score (nSPS) is 22.5. The number of carboxylic acids is 1. The molecule has 5 heteroatoms. The number of benzene rings is 1. The van der Waals surface area contributed by atoms with Crippen molar-refractivity contribution in [2.24, 2.45) is 5.92 Å². The largest absolute Gasteiger partial charge is 0.481 e. The van der Waals surface area contributed by atoms with Crippen LogP contribution in [0.5, 0.6) is 5.75 Å². The quantitative estimate of drug-likeness (QED) is 0.843. The molecular weight excluding hydrogens is 263 g/mol. The molecule has 0 heterocycles. The molecule has 0 amide bonds. The highest BCUT2D eigenvalue weighted by atomic mass is 19.1. The Morgan fingerprint density at radius 2 is 2.05 bits per heavy atom. The summed E-state index contributed by atoms with van der Waals surface area (Å²) in [6.07, 6.45) is 2.73. The van der Waals surface area contributed by atoms with Gasteiger partial charge in [0.05, 0.1) is 5.92 Å². The third-order valence-corrected chi connectivity index (χ3v) is 3.82. The van der Waals surface area contributed by atoms with Crippen LogP contribution in [0.25, 0.3) is 0 Å². The molecule has 0 radical (unpaired) electrons. The fourth-order valence-corrected chi connectivity index (χ4v) is 2.74. The first-order chi connectivity index (χ1) is 9.61. The van der Waals surface area contributed by atoms with E-state index in [0.29, 0.717) is 18.6 Å². The lowest BCUT2D eigenvalue weighted by molar-refractivity contribution is -0.142. The van der Waals surface area contributed by atoms with Crippen molar-refractivity contribution in [2.75, 3.05) is 13.9 Å². The summed E-state index contributed by atoms with van der Waals surface area (Å²) in [7, 11) is 1.53. The van der Waals surface area contributed by atoms with Crippen molar-refractivity contribution in [3.05, 3.63) is 29.6 Å². The highest BCUT2D eigenvalue weighted by Gasteiger charge is 2.28. The van der Waals surface area contributed by atoms with Crippen molar-refractivity contribution < 1.29 is 23.8 Å². The van der Waals surface area contributed by atoms with Crippen molar-refractivity contribution in [3.8, 4) is 5.75 Å². The van der Waals surface area contributed by atoms with E-state index in [4.69, 9.17) is 14.6 Å². The molecule has 0 bridgehead atoms. The molecule has 0 unspecified atom stereocenters. The molecular formula is C15H19FO4. The van der Waals surface area contributed by atoms with Gasteiger partial charge in [-0.2, -0.15) is 0 Å². The summed E-state index contributed by atoms with van der Waals surface area (Å²) in [5, 5.41) is 9.01. The number of aliphatic carboxylic acids is 1. The maximum Gasteiger partial charge on any atom is 0.306 e. The van der Waals surface area contributed by atoms with Gasteiger partial charge in [-0.25, -0.2) is 4.39 Å². The van der Waals surface area contributed by atoms with Gasteiger partial charge in [-0.1, -0.05) is 0 Å². The second-order valence-electron chi connectivity index (χ2n) is 5.12. The number of rotatable bonds is 5. The zero-order valence-electron chi connectivity index (χ0n) is 11.5. The maximum absolute atomic E-state index is 13.4. The number of carbonyl (C=O) groups is 1. The summed E-state index contributed by atoms with van der Waals surface area (Å²) in [6.45, 7) is 0.114. The first kappa shape index (κ1) is 14.8. The van der Waals surface area contributed by atoms with Crippen LogP contribution in [0.15, 0.2) is 18.2 Å². The maximum atomic E-state index is 13.4. The standard InChI is InChI=1S/C15H19FO4/c1-19-9-20-14-7-6-12(16)8-13(14)10-2-4-11(5-3-10)15(17)18/h6-8,10-11H,2-5,9H2,1H3,(H,17,18). The molecule has 1 N–H and O–H groups in total. The van der Waals surface area contributed by atoms with Gasteiger partial charge in [0.2, 0.25) is 0 Å². The summed E-state index contributed by atoms with van der Waals surface area (Å²) in [4.78, 5) is 11.0. The third-order valence-electron chi connectivity index (χ3n) is 3.82. The number of halogens is 1. The molecule has 110 valence electrons. The lowest BCUT2D eigenvalue weighted by Gasteiger charge is -2.27. The molecule has 1 aliphatic carbocycles. The predicted molar refractivity (Wildman–Crippen MR) is 71.2 cm³/mol. The fourth-order valence-electron chi connectivity index (χ4n) is 2.74. The average molecular weight is 282 g/mol. The van der Waals surface area contributed by atoms with E-state index < -0.39 is 5.97 Å². The second-order valence-corrected chi connectivity index (χ2v) is 5.12. The predicted octanol–water partition coefficient (Wildman–Crippen LogP) is 3.17. The lowest BCUT2D eigenvalue weighted by Crippen LogP contribution is -2.21. The highest BCUT2D eigenvalue weighted by Crippen LogP contribution is 2.39. The van der Waals surface area contributed by atoms with Crippen molar-refractivity contribution in [2.45, 2.75) is 31.6 Å². The van der Waals surface area contributed by atoms with Crippen molar-refractivity contribution in [1.29, 1.82) is 0 Å². The SMILES string of the molecule is COCOc1ccc(F)cc1C1CCC(C(=O)O)CC1. The molecule has 2 rings (SSSR count). The van der Waals surface area contributed by atoms with Crippen LogP contribution in [0.3, 0.4) is 0 Å². The van der Waals surface area contributed by atoms with Gasteiger partial charge in [0.25, 0.3) is 0 Å². The van der Waals surface area contributed by atoms with Gasteiger partial charge < -0.3 is 14.6 Å². The molecule has 1 aromatic carbocycles. The van der Waals surface area contributed by atoms with Crippen LogP contribution in [0.4, 0.5) is 4.39 Å². The first-order valence-corrected chi connectivity index (χ1v) is 6.75. The van der Waals surface area contributed by atoms with E-state index in [1.807, 2.05) is 0 Å². The van der Waals surface area contributed by atoms with Crippen LogP contribution in [0.1, 0.15) is 37.2 Å². The fraction of sp³-hybridized carbons (Fsp3) is 0.533. The van der Waals surface area contributed by atoms with Crippen molar-refractivity contribution in [1.82, 2.24) is 0 Å². The van der Waals surface area contributed by atoms with E-state index in [2.05, 4.69) is 0 Å². The van der Waals surface area contributed by atoms with Crippen LogP contribution in [-0.2, 0) is 9.53 Å². The Balaban J connectivity index is 2.11. The molecule has 0 aliphatic heterocycles. The minimum atomic E-state index is -0.737. The lowest BCUT2D eigenvalue weighted by atomic mass is 9.78. The average Bonchev–Trinajstić information content (AvgIpc) is 2.46. The second kappa shape index (κ2) is 6.70.